The molecule has 4 heterocycles. The second-order valence-corrected chi connectivity index (χ2v) is 11.1. The van der Waals surface area contributed by atoms with Crippen LogP contribution in [0.15, 0.2) is 30.9 Å². The number of nitrogens with two attached hydrogens (primary N) is 1. The fourth-order valence-electron chi connectivity index (χ4n) is 6.12. The minimum atomic E-state index is -4.60. The van der Waals surface area contributed by atoms with Gasteiger partial charge in [-0.2, -0.15) is 23.1 Å². The maximum absolute atomic E-state index is 14.2. The van der Waals surface area contributed by atoms with E-state index in [9.17, 15) is 18.0 Å². The number of pyridine rings is 1. The summed E-state index contributed by atoms with van der Waals surface area (Å²) in [5, 5.41) is 0. The summed E-state index contributed by atoms with van der Waals surface area (Å²) in [6.07, 6.45) is -0.735. The van der Waals surface area contributed by atoms with E-state index >= 15 is 0 Å². The number of aromatic nitrogens is 3. The molecule has 0 spiro atoms. The molecule has 2 aromatic rings. The molecule has 3 aliphatic rings. The fraction of sp³-hybridized carbons (Fsp3) is 0.517. The van der Waals surface area contributed by atoms with Crippen molar-refractivity contribution in [3.8, 4) is 6.01 Å². The van der Waals surface area contributed by atoms with Crippen molar-refractivity contribution in [1.82, 2.24) is 24.8 Å². The maximum atomic E-state index is 14.2. The zero-order chi connectivity index (χ0) is 29.5. The molecule has 1 aliphatic carbocycles. The summed E-state index contributed by atoms with van der Waals surface area (Å²) in [5.74, 6) is -0.146. The van der Waals surface area contributed by atoms with E-state index in [1.165, 1.54) is 19.1 Å². The van der Waals surface area contributed by atoms with Crippen molar-refractivity contribution >= 4 is 17.5 Å². The number of ether oxygens (including phenoxy) is 1. The SMILES string of the molecule is C=CC(=O)N1CCN(c2nc(OC[C@@H]3CCCN3C)nc3c2CC(=C)[C@@H](c2nc(N)cc(C)c2C(F)(F)F)C3)CC1. The zero-order valence-electron chi connectivity index (χ0n) is 23.5. The van der Waals surface area contributed by atoms with Gasteiger partial charge in [0.15, 0.2) is 0 Å². The Labute approximate surface area is 237 Å². The summed E-state index contributed by atoms with van der Waals surface area (Å²) >= 11 is 0. The van der Waals surface area contributed by atoms with Crippen LogP contribution in [0.25, 0.3) is 0 Å². The Bertz CT molecular complexity index is 1350. The molecule has 0 unspecified atom stereocenters. The Morgan fingerprint density at radius 1 is 1.20 bits per heavy atom. The molecule has 1 amide bonds. The van der Waals surface area contributed by atoms with Gasteiger partial charge < -0.3 is 25.2 Å². The van der Waals surface area contributed by atoms with Crippen LogP contribution in [-0.4, -0.2) is 83.1 Å². The Morgan fingerprint density at radius 3 is 2.56 bits per heavy atom. The Kier molecular flexibility index (Phi) is 7.95. The molecule has 5 rings (SSSR count). The number of anilines is 2. The van der Waals surface area contributed by atoms with Crippen LogP contribution in [0, 0.1) is 6.92 Å². The standard InChI is InChI=1S/C29H36F3N7O2/c1-5-24(40)38-9-11-39(12-10-38)27-21-13-17(2)20(26-25(29(30,31)32)18(3)14-23(33)35-26)15-22(21)34-28(36-27)41-16-19-7-6-8-37(19)4/h5,14,19-20H,1-2,6-13,15-16H2,3-4H3,(H2,33,35)/t19-,20-/m0/s1. The normalized spacial score (nSPS) is 21.6. The number of fused-ring (bicyclic) bond motifs is 1. The predicted molar refractivity (Wildman–Crippen MR) is 150 cm³/mol. The Balaban J connectivity index is 1.51. The van der Waals surface area contributed by atoms with Gasteiger partial charge in [-0.25, -0.2) is 4.98 Å². The van der Waals surface area contributed by atoms with Gasteiger partial charge in [0.05, 0.1) is 17.0 Å². The molecule has 2 aromatic heterocycles. The molecule has 41 heavy (non-hydrogen) atoms. The summed E-state index contributed by atoms with van der Waals surface area (Å²) < 4.78 is 48.7. The number of halogens is 3. The highest BCUT2D eigenvalue weighted by Crippen LogP contribution is 2.44. The number of likely N-dealkylation sites (N-methyl/N-ethyl adjacent to an activating group) is 1. The molecule has 2 aliphatic heterocycles. The van der Waals surface area contributed by atoms with Crippen LogP contribution in [0.4, 0.5) is 24.8 Å². The van der Waals surface area contributed by atoms with Gasteiger partial charge in [-0.15, -0.1) is 0 Å². The number of aryl methyl sites for hydroxylation is 1. The van der Waals surface area contributed by atoms with Gasteiger partial charge in [0.1, 0.15) is 18.2 Å². The molecule has 0 aromatic carbocycles. The first-order valence-corrected chi connectivity index (χ1v) is 13.9. The molecule has 2 atom stereocenters. The van der Waals surface area contributed by atoms with Crippen molar-refractivity contribution in [2.45, 2.75) is 50.7 Å². The molecule has 0 bridgehead atoms. The number of amides is 1. The van der Waals surface area contributed by atoms with Crippen LogP contribution in [0.3, 0.4) is 0 Å². The van der Waals surface area contributed by atoms with Gasteiger partial charge in [-0.3, -0.25) is 4.79 Å². The van der Waals surface area contributed by atoms with Crippen molar-refractivity contribution in [2.24, 2.45) is 0 Å². The highest BCUT2D eigenvalue weighted by molar-refractivity contribution is 5.87. The van der Waals surface area contributed by atoms with Gasteiger partial charge in [0.2, 0.25) is 5.91 Å². The minimum Gasteiger partial charge on any atom is -0.462 e. The molecular formula is C29H36F3N7O2. The van der Waals surface area contributed by atoms with Crippen LogP contribution in [-0.2, 0) is 23.8 Å². The van der Waals surface area contributed by atoms with Crippen LogP contribution in [0.2, 0.25) is 0 Å². The van der Waals surface area contributed by atoms with Crippen molar-refractivity contribution in [3.63, 3.8) is 0 Å². The number of alkyl halides is 3. The Hall–Kier alpha value is -3.67. The van der Waals surface area contributed by atoms with Gasteiger partial charge in [-0.05, 0) is 57.5 Å². The number of nitrogens with zero attached hydrogens (tertiary/aromatic N) is 6. The number of hydrogen-bond donors (Lipinski definition) is 1. The number of carbonyl (C=O) groups is 1. The van der Waals surface area contributed by atoms with Crippen molar-refractivity contribution in [3.05, 3.63) is 59.0 Å². The lowest BCUT2D eigenvalue weighted by atomic mass is 9.79. The molecule has 2 saturated heterocycles. The maximum Gasteiger partial charge on any atom is 0.418 e. The number of allylic oxidation sites excluding steroid dienone is 1. The van der Waals surface area contributed by atoms with E-state index in [0.29, 0.717) is 56.3 Å². The average Bonchev–Trinajstić information content (AvgIpc) is 3.34. The molecular weight excluding hydrogens is 535 g/mol. The number of likely N-dealkylation sites (tertiary alicyclic amines) is 1. The second-order valence-electron chi connectivity index (χ2n) is 11.1. The number of rotatable bonds is 6. The molecule has 9 nitrogen and oxygen atoms in total. The third kappa shape index (κ3) is 5.88. The lowest BCUT2D eigenvalue weighted by molar-refractivity contribution is -0.139. The van der Waals surface area contributed by atoms with E-state index in [2.05, 4.69) is 35.0 Å². The third-order valence-electron chi connectivity index (χ3n) is 8.36. The third-order valence-corrected chi connectivity index (χ3v) is 8.36. The monoisotopic (exact) mass is 571 g/mol. The predicted octanol–water partition coefficient (Wildman–Crippen LogP) is 3.53. The number of hydrogen-bond acceptors (Lipinski definition) is 8. The van der Waals surface area contributed by atoms with Gasteiger partial charge >= 0.3 is 12.2 Å². The first-order chi connectivity index (χ1) is 19.5. The molecule has 12 heteroatoms. The highest BCUT2D eigenvalue weighted by Gasteiger charge is 2.41. The van der Waals surface area contributed by atoms with Crippen LogP contribution < -0.4 is 15.4 Å². The quantitative estimate of drug-likeness (QED) is 0.415. The average molecular weight is 572 g/mol. The molecule has 2 fully saturated rings. The summed E-state index contributed by atoms with van der Waals surface area (Å²) in [4.78, 5) is 31.9. The van der Waals surface area contributed by atoms with E-state index in [1.807, 2.05) is 0 Å². The molecule has 0 radical (unpaired) electrons. The van der Waals surface area contributed by atoms with Gasteiger partial charge in [-0.1, -0.05) is 18.7 Å². The summed E-state index contributed by atoms with van der Waals surface area (Å²) in [5.41, 5.74) is 7.06. The number of piperazine rings is 1. The highest BCUT2D eigenvalue weighted by atomic mass is 19.4. The summed E-state index contributed by atoms with van der Waals surface area (Å²) in [6.45, 7) is 12.6. The van der Waals surface area contributed by atoms with Gasteiger partial charge in [0, 0.05) is 50.1 Å². The number of nitrogen functional groups attached to an aromatic ring is 1. The topological polar surface area (TPSA) is 101 Å². The summed E-state index contributed by atoms with van der Waals surface area (Å²) in [7, 11) is 2.05. The van der Waals surface area contributed by atoms with E-state index in [1.54, 1.807) is 4.90 Å². The fourth-order valence-corrected chi connectivity index (χ4v) is 6.12. The van der Waals surface area contributed by atoms with Crippen LogP contribution in [0.1, 0.15) is 46.8 Å². The first kappa shape index (κ1) is 28.8. The van der Waals surface area contributed by atoms with Crippen LogP contribution in [0.5, 0.6) is 6.01 Å². The van der Waals surface area contributed by atoms with E-state index < -0.39 is 17.7 Å². The molecule has 220 valence electrons. The van der Waals surface area contributed by atoms with Crippen molar-refractivity contribution in [2.75, 3.05) is 57.0 Å². The van der Waals surface area contributed by atoms with Crippen molar-refractivity contribution in [1.29, 1.82) is 0 Å². The molecule has 2 N–H and O–H groups in total. The number of carbonyl (C=O) groups excluding carboxylic acids is 1. The lowest BCUT2D eigenvalue weighted by Gasteiger charge is -2.37. The van der Waals surface area contributed by atoms with E-state index in [4.69, 9.17) is 20.4 Å². The van der Waals surface area contributed by atoms with E-state index in [-0.39, 0.29) is 41.5 Å². The van der Waals surface area contributed by atoms with E-state index in [0.717, 1.165) is 24.9 Å². The molecule has 0 saturated carbocycles. The zero-order valence-corrected chi connectivity index (χ0v) is 23.5. The van der Waals surface area contributed by atoms with Crippen LogP contribution >= 0.6 is 0 Å². The summed E-state index contributed by atoms with van der Waals surface area (Å²) in [6, 6.07) is 1.69. The smallest absolute Gasteiger partial charge is 0.418 e. The van der Waals surface area contributed by atoms with Crippen molar-refractivity contribution < 1.29 is 22.7 Å². The lowest BCUT2D eigenvalue weighted by Crippen LogP contribution is -2.49. The largest absolute Gasteiger partial charge is 0.462 e. The minimum absolute atomic E-state index is 0.0265. The van der Waals surface area contributed by atoms with Gasteiger partial charge in [0.25, 0.3) is 0 Å². The second kappa shape index (κ2) is 11.3. The Morgan fingerprint density at radius 2 is 1.93 bits per heavy atom. The first-order valence-electron chi connectivity index (χ1n) is 13.9.